The van der Waals surface area contributed by atoms with E-state index in [4.69, 9.17) is 16.3 Å². The first kappa shape index (κ1) is 23.3. The summed E-state index contributed by atoms with van der Waals surface area (Å²) in [6.07, 6.45) is 0.142. The summed E-state index contributed by atoms with van der Waals surface area (Å²) in [5, 5.41) is 10.7. The Morgan fingerprint density at radius 1 is 1.03 bits per heavy atom. The summed E-state index contributed by atoms with van der Waals surface area (Å²) >= 11 is 6.25. The van der Waals surface area contributed by atoms with Crippen LogP contribution in [0.15, 0.2) is 42.5 Å². The average molecular weight is 455 g/mol. The lowest BCUT2D eigenvalue weighted by atomic mass is 10.1. The molecule has 0 spiro atoms. The van der Waals surface area contributed by atoms with Crippen molar-refractivity contribution < 1.29 is 14.3 Å². The van der Waals surface area contributed by atoms with Crippen LogP contribution in [0.3, 0.4) is 0 Å². The SMILES string of the molecule is COc1ccc(CNC(=O)CNC(=O)Cc2c(C)nn(-c3ccc(C)c(Cl)c3)c2C)cc1. The molecule has 32 heavy (non-hydrogen) atoms. The minimum atomic E-state index is -0.257. The van der Waals surface area contributed by atoms with Crippen LogP contribution >= 0.6 is 11.6 Å². The number of ether oxygens (including phenoxy) is 1. The summed E-state index contributed by atoms with van der Waals surface area (Å²) in [5.74, 6) is 0.261. The number of benzene rings is 2. The van der Waals surface area contributed by atoms with Gasteiger partial charge in [0, 0.05) is 22.8 Å². The van der Waals surface area contributed by atoms with E-state index in [1.165, 1.54) is 0 Å². The van der Waals surface area contributed by atoms with Gasteiger partial charge in [0.25, 0.3) is 0 Å². The summed E-state index contributed by atoms with van der Waals surface area (Å²) in [6, 6.07) is 13.2. The molecule has 1 heterocycles. The van der Waals surface area contributed by atoms with Gasteiger partial charge in [0.1, 0.15) is 5.75 Å². The van der Waals surface area contributed by atoms with Crippen molar-refractivity contribution in [1.82, 2.24) is 20.4 Å². The largest absolute Gasteiger partial charge is 0.497 e. The number of methoxy groups -OCH3 is 1. The molecule has 0 aliphatic heterocycles. The summed E-state index contributed by atoms with van der Waals surface area (Å²) in [5.41, 5.74) is 5.23. The van der Waals surface area contributed by atoms with Crippen LogP contribution in [0.5, 0.6) is 5.75 Å². The van der Waals surface area contributed by atoms with Crippen LogP contribution in [0.4, 0.5) is 0 Å². The minimum Gasteiger partial charge on any atom is -0.497 e. The highest BCUT2D eigenvalue weighted by molar-refractivity contribution is 6.31. The molecule has 168 valence electrons. The summed E-state index contributed by atoms with van der Waals surface area (Å²) in [4.78, 5) is 24.5. The van der Waals surface area contributed by atoms with Gasteiger partial charge in [0.05, 0.1) is 31.5 Å². The van der Waals surface area contributed by atoms with E-state index in [9.17, 15) is 9.59 Å². The first-order valence-electron chi connectivity index (χ1n) is 10.3. The van der Waals surface area contributed by atoms with E-state index in [-0.39, 0.29) is 24.8 Å². The number of aryl methyl sites for hydroxylation is 2. The van der Waals surface area contributed by atoms with Gasteiger partial charge in [-0.2, -0.15) is 5.10 Å². The lowest BCUT2D eigenvalue weighted by Crippen LogP contribution is -2.37. The van der Waals surface area contributed by atoms with E-state index in [1.807, 2.05) is 63.2 Å². The zero-order valence-corrected chi connectivity index (χ0v) is 19.4. The quantitative estimate of drug-likeness (QED) is 0.546. The fourth-order valence-electron chi connectivity index (χ4n) is 3.30. The molecule has 1 aromatic heterocycles. The molecule has 0 aliphatic carbocycles. The average Bonchev–Trinajstić information content (AvgIpc) is 3.06. The van der Waals surface area contributed by atoms with Crippen LogP contribution < -0.4 is 15.4 Å². The molecule has 0 radical (unpaired) electrons. The third-order valence-electron chi connectivity index (χ3n) is 5.27. The number of aromatic nitrogens is 2. The lowest BCUT2D eigenvalue weighted by molar-refractivity contribution is -0.125. The van der Waals surface area contributed by atoms with E-state index in [1.54, 1.807) is 11.8 Å². The van der Waals surface area contributed by atoms with Crippen LogP contribution in [-0.4, -0.2) is 35.2 Å². The fraction of sp³-hybridized carbons (Fsp3) is 0.292. The first-order chi connectivity index (χ1) is 15.3. The van der Waals surface area contributed by atoms with E-state index in [2.05, 4.69) is 15.7 Å². The van der Waals surface area contributed by atoms with Crippen LogP contribution in [-0.2, 0) is 22.6 Å². The number of halogens is 1. The van der Waals surface area contributed by atoms with E-state index in [0.717, 1.165) is 39.5 Å². The van der Waals surface area contributed by atoms with E-state index >= 15 is 0 Å². The third kappa shape index (κ3) is 5.68. The zero-order valence-electron chi connectivity index (χ0n) is 18.7. The number of nitrogens with one attached hydrogen (secondary N) is 2. The molecule has 0 atom stereocenters. The molecule has 2 amide bonds. The van der Waals surface area contributed by atoms with Crippen molar-refractivity contribution in [2.24, 2.45) is 0 Å². The summed E-state index contributed by atoms with van der Waals surface area (Å²) < 4.78 is 6.90. The number of rotatable bonds is 8. The maximum absolute atomic E-state index is 12.4. The second-order valence-corrected chi connectivity index (χ2v) is 7.98. The molecule has 0 unspecified atom stereocenters. The van der Waals surface area contributed by atoms with Gasteiger partial charge in [-0.25, -0.2) is 4.68 Å². The smallest absolute Gasteiger partial charge is 0.239 e. The van der Waals surface area contributed by atoms with Gasteiger partial charge in [-0.05, 0) is 56.2 Å². The summed E-state index contributed by atoms with van der Waals surface area (Å²) in [6.45, 7) is 6.01. The minimum absolute atomic E-state index is 0.0885. The highest BCUT2D eigenvalue weighted by atomic mass is 35.5. The molecule has 0 aliphatic rings. The van der Waals surface area contributed by atoms with Gasteiger partial charge in [-0.3, -0.25) is 9.59 Å². The molecule has 2 N–H and O–H groups in total. The van der Waals surface area contributed by atoms with Crippen molar-refractivity contribution >= 4 is 23.4 Å². The Balaban J connectivity index is 1.54. The molecule has 8 heteroatoms. The monoisotopic (exact) mass is 454 g/mol. The van der Waals surface area contributed by atoms with Crippen molar-refractivity contribution in [2.75, 3.05) is 13.7 Å². The lowest BCUT2D eigenvalue weighted by Gasteiger charge is -2.09. The Morgan fingerprint density at radius 3 is 2.41 bits per heavy atom. The number of hydrogen-bond donors (Lipinski definition) is 2. The first-order valence-corrected chi connectivity index (χ1v) is 10.6. The van der Waals surface area contributed by atoms with Gasteiger partial charge in [-0.15, -0.1) is 0 Å². The Hall–Kier alpha value is -3.32. The van der Waals surface area contributed by atoms with Crippen molar-refractivity contribution in [3.8, 4) is 11.4 Å². The number of carbonyl (C=O) groups is 2. The fourth-order valence-corrected chi connectivity index (χ4v) is 3.48. The highest BCUT2D eigenvalue weighted by Gasteiger charge is 2.17. The maximum Gasteiger partial charge on any atom is 0.239 e. The van der Waals surface area contributed by atoms with Gasteiger partial charge in [-0.1, -0.05) is 29.8 Å². The zero-order chi connectivity index (χ0) is 23.3. The van der Waals surface area contributed by atoms with Gasteiger partial charge in [0.2, 0.25) is 11.8 Å². The van der Waals surface area contributed by atoms with Crippen LogP contribution in [0, 0.1) is 20.8 Å². The van der Waals surface area contributed by atoms with E-state index in [0.29, 0.717) is 11.6 Å². The maximum atomic E-state index is 12.4. The van der Waals surface area contributed by atoms with Crippen LogP contribution in [0.25, 0.3) is 5.69 Å². The Bertz CT molecular complexity index is 1120. The normalized spacial score (nSPS) is 10.7. The topological polar surface area (TPSA) is 85.2 Å². The molecule has 0 bridgehead atoms. The van der Waals surface area contributed by atoms with Crippen molar-refractivity contribution in [3.05, 3.63) is 75.6 Å². The molecule has 0 fully saturated rings. The van der Waals surface area contributed by atoms with Crippen LogP contribution in [0.1, 0.15) is 28.1 Å². The van der Waals surface area contributed by atoms with Gasteiger partial charge >= 0.3 is 0 Å². The predicted molar refractivity (Wildman–Crippen MR) is 124 cm³/mol. The molecule has 3 rings (SSSR count). The Morgan fingerprint density at radius 2 is 1.75 bits per heavy atom. The molecule has 2 aromatic carbocycles. The third-order valence-corrected chi connectivity index (χ3v) is 5.68. The number of carbonyl (C=O) groups excluding carboxylic acids is 2. The molecule has 7 nitrogen and oxygen atoms in total. The molecule has 0 saturated heterocycles. The molecular weight excluding hydrogens is 428 g/mol. The van der Waals surface area contributed by atoms with Gasteiger partial charge < -0.3 is 15.4 Å². The van der Waals surface area contributed by atoms with Gasteiger partial charge in [0.15, 0.2) is 0 Å². The number of nitrogens with zero attached hydrogens (tertiary/aromatic N) is 2. The standard InChI is InChI=1S/C24H27ClN4O3/c1-15-5-8-19(11-22(15)25)29-17(3)21(16(2)28-29)12-23(30)27-14-24(31)26-13-18-6-9-20(32-4)10-7-18/h5-11H,12-14H2,1-4H3,(H,26,31)(H,27,30). The molecular formula is C24H27ClN4O3. The Kier molecular flexibility index (Phi) is 7.53. The van der Waals surface area contributed by atoms with Crippen molar-refractivity contribution in [3.63, 3.8) is 0 Å². The second-order valence-electron chi connectivity index (χ2n) is 7.57. The molecule has 3 aromatic rings. The van der Waals surface area contributed by atoms with Crippen LogP contribution in [0.2, 0.25) is 5.02 Å². The number of hydrogen-bond acceptors (Lipinski definition) is 4. The van der Waals surface area contributed by atoms with Crippen molar-refractivity contribution in [1.29, 1.82) is 0 Å². The predicted octanol–water partition coefficient (Wildman–Crippen LogP) is 3.43. The molecule has 0 saturated carbocycles. The van der Waals surface area contributed by atoms with E-state index < -0.39 is 0 Å². The summed E-state index contributed by atoms with van der Waals surface area (Å²) in [7, 11) is 1.60. The Labute approximate surface area is 192 Å². The highest BCUT2D eigenvalue weighted by Crippen LogP contribution is 2.23. The van der Waals surface area contributed by atoms with Crippen molar-refractivity contribution in [2.45, 2.75) is 33.7 Å². The number of amides is 2. The second kappa shape index (κ2) is 10.3.